The van der Waals surface area contributed by atoms with Gasteiger partial charge in [-0.2, -0.15) is 0 Å². The van der Waals surface area contributed by atoms with Gasteiger partial charge in [0.25, 0.3) is 0 Å². The molecule has 0 fully saturated rings. The van der Waals surface area contributed by atoms with E-state index in [1.807, 2.05) is 0 Å². The van der Waals surface area contributed by atoms with E-state index in [1.54, 1.807) is 0 Å². The zero-order chi connectivity index (χ0) is 21.1. The van der Waals surface area contributed by atoms with Crippen molar-refractivity contribution in [1.82, 2.24) is 4.57 Å². The van der Waals surface area contributed by atoms with Gasteiger partial charge in [0.1, 0.15) is 24.5 Å². The van der Waals surface area contributed by atoms with Crippen LogP contribution in [0.25, 0.3) is 0 Å². The summed E-state index contributed by atoms with van der Waals surface area (Å²) in [7, 11) is -10.7. The minimum absolute atomic E-state index is 0.926. The Morgan fingerprint density at radius 3 is 1.64 bits per heavy atom. The summed E-state index contributed by atoms with van der Waals surface area (Å²) in [6.45, 7) is 6.24. The van der Waals surface area contributed by atoms with Gasteiger partial charge in [0, 0.05) is 13.8 Å². The van der Waals surface area contributed by atoms with Crippen LogP contribution in [0, 0.1) is 13.8 Å². The van der Waals surface area contributed by atoms with Crippen molar-refractivity contribution >= 4 is 7.81 Å². The van der Waals surface area contributed by atoms with Crippen LogP contribution in [0.3, 0.4) is 0 Å². The van der Waals surface area contributed by atoms with Crippen LogP contribution in [0.1, 0.15) is 22.5 Å². The first kappa shape index (κ1) is 22.0. The molecular formula is C19H21F6N2P. The summed E-state index contributed by atoms with van der Waals surface area (Å²) in [6, 6.07) is 21.2. The van der Waals surface area contributed by atoms with Gasteiger partial charge < -0.3 is 0 Å². The molecule has 1 heterocycles. The van der Waals surface area contributed by atoms with Crippen LogP contribution in [-0.4, -0.2) is 4.57 Å². The molecule has 0 radical (unpaired) electrons. The van der Waals surface area contributed by atoms with Gasteiger partial charge >= 0.3 is 33.0 Å². The molecule has 0 spiro atoms. The summed E-state index contributed by atoms with van der Waals surface area (Å²) in [6.07, 6.45) is 2.23. The summed E-state index contributed by atoms with van der Waals surface area (Å²) in [5, 5.41) is 0. The van der Waals surface area contributed by atoms with Gasteiger partial charge in [-0.1, -0.05) is 60.7 Å². The van der Waals surface area contributed by atoms with Crippen molar-refractivity contribution < 1.29 is 29.7 Å². The summed E-state index contributed by atoms with van der Waals surface area (Å²) in [4.78, 5) is 0. The molecule has 2 aromatic carbocycles. The van der Waals surface area contributed by atoms with E-state index >= 15 is 0 Å². The SMILES string of the molecule is Cc1c(C)[n+](Cc2ccccc2)cn1Cc1ccccc1.F[P-](F)(F)(F)(F)F. The van der Waals surface area contributed by atoms with Crippen LogP contribution in [0.15, 0.2) is 67.0 Å². The van der Waals surface area contributed by atoms with Crippen LogP contribution in [0.4, 0.5) is 25.2 Å². The third-order valence-corrected chi connectivity index (χ3v) is 4.06. The van der Waals surface area contributed by atoms with Crippen LogP contribution < -0.4 is 4.57 Å². The Kier molecular flexibility index (Phi) is 5.68. The van der Waals surface area contributed by atoms with E-state index in [1.165, 1.54) is 22.5 Å². The van der Waals surface area contributed by atoms with Crippen molar-refractivity contribution in [2.45, 2.75) is 26.9 Å². The molecule has 3 aromatic rings. The maximum atomic E-state index is 9.87. The van der Waals surface area contributed by atoms with Gasteiger partial charge in [0.05, 0.1) is 0 Å². The van der Waals surface area contributed by atoms with E-state index in [0.29, 0.717) is 0 Å². The fraction of sp³-hybridized carbons (Fsp3) is 0.211. The monoisotopic (exact) mass is 422 g/mol. The second-order valence-corrected chi connectivity index (χ2v) is 8.39. The summed E-state index contributed by atoms with van der Waals surface area (Å²) in [5.74, 6) is 0. The molecule has 0 atom stereocenters. The predicted molar refractivity (Wildman–Crippen MR) is 98.8 cm³/mol. The standard InChI is InChI=1S/C19H21N2.F6P/c1-16-17(2)21(14-19-11-7-4-8-12-19)15-20(16)13-18-9-5-3-6-10-18;1-7(2,3,4,5)6/h3-12,15H,13-14H2,1-2H3;/q+1;-1. The van der Waals surface area contributed by atoms with Crippen molar-refractivity contribution in [2.24, 2.45) is 0 Å². The van der Waals surface area contributed by atoms with Gasteiger partial charge in [-0.05, 0) is 11.1 Å². The van der Waals surface area contributed by atoms with Crippen molar-refractivity contribution in [2.75, 3.05) is 0 Å². The Morgan fingerprint density at radius 1 is 0.750 bits per heavy atom. The summed E-state index contributed by atoms with van der Waals surface area (Å²) < 4.78 is 63.8. The average molecular weight is 422 g/mol. The van der Waals surface area contributed by atoms with Crippen molar-refractivity contribution in [3.63, 3.8) is 0 Å². The Labute approximate surface area is 159 Å². The predicted octanol–water partition coefficient (Wildman–Crippen LogP) is 6.87. The molecule has 28 heavy (non-hydrogen) atoms. The molecule has 0 amide bonds. The summed E-state index contributed by atoms with van der Waals surface area (Å²) >= 11 is 0. The molecule has 0 unspecified atom stereocenters. The first-order chi connectivity index (χ1) is 12.7. The van der Waals surface area contributed by atoms with Crippen LogP contribution in [0.2, 0.25) is 0 Å². The van der Waals surface area contributed by atoms with Crippen LogP contribution >= 0.6 is 7.81 Å². The zero-order valence-electron chi connectivity index (χ0n) is 15.4. The third-order valence-electron chi connectivity index (χ3n) is 4.06. The van der Waals surface area contributed by atoms with Crippen molar-refractivity contribution in [3.8, 4) is 0 Å². The molecule has 0 saturated heterocycles. The second kappa shape index (κ2) is 7.24. The molecule has 3 rings (SSSR count). The average Bonchev–Trinajstić information content (AvgIpc) is 2.82. The molecule has 0 N–H and O–H groups in total. The van der Waals surface area contributed by atoms with Gasteiger partial charge in [-0.25, -0.2) is 9.13 Å². The number of hydrogen-bond donors (Lipinski definition) is 0. The van der Waals surface area contributed by atoms with E-state index in [0.717, 1.165) is 13.1 Å². The van der Waals surface area contributed by atoms with Crippen molar-refractivity contribution in [3.05, 3.63) is 89.5 Å². The van der Waals surface area contributed by atoms with E-state index in [-0.39, 0.29) is 0 Å². The summed E-state index contributed by atoms with van der Waals surface area (Å²) in [5.41, 5.74) is 5.33. The van der Waals surface area contributed by atoms with E-state index in [9.17, 15) is 25.2 Å². The molecule has 2 nitrogen and oxygen atoms in total. The topological polar surface area (TPSA) is 8.81 Å². The number of nitrogens with zero attached hydrogens (tertiary/aromatic N) is 2. The number of hydrogen-bond acceptors (Lipinski definition) is 0. The Bertz CT molecular complexity index is 847. The van der Waals surface area contributed by atoms with Gasteiger partial charge in [0.15, 0.2) is 0 Å². The Balaban J connectivity index is 0.000000345. The molecule has 0 bridgehead atoms. The normalized spacial score (nSPS) is 13.9. The van der Waals surface area contributed by atoms with Crippen molar-refractivity contribution in [1.29, 1.82) is 0 Å². The Hall–Kier alpha value is -2.34. The maximum absolute atomic E-state index is 10.7. The van der Waals surface area contributed by atoms with Gasteiger partial charge in [0.2, 0.25) is 6.33 Å². The fourth-order valence-corrected chi connectivity index (χ4v) is 2.64. The number of rotatable bonds is 4. The van der Waals surface area contributed by atoms with Crippen LogP contribution in [0.5, 0.6) is 0 Å². The first-order valence-electron chi connectivity index (χ1n) is 8.39. The van der Waals surface area contributed by atoms with E-state index in [4.69, 9.17) is 0 Å². The molecule has 0 aliphatic heterocycles. The third kappa shape index (κ3) is 8.57. The molecular weight excluding hydrogens is 401 g/mol. The van der Waals surface area contributed by atoms with Gasteiger partial charge in [-0.15, -0.1) is 0 Å². The number of aromatic nitrogens is 2. The quantitative estimate of drug-likeness (QED) is 0.246. The first-order valence-corrected chi connectivity index (χ1v) is 10.4. The number of halogens is 6. The minimum atomic E-state index is -10.7. The molecule has 0 aliphatic rings. The number of benzene rings is 2. The fourth-order valence-electron chi connectivity index (χ4n) is 2.64. The molecule has 0 saturated carbocycles. The zero-order valence-corrected chi connectivity index (χ0v) is 16.3. The number of imidazole rings is 1. The van der Waals surface area contributed by atoms with Gasteiger partial charge in [-0.3, -0.25) is 0 Å². The van der Waals surface area contributed by atoms with E-state index < -0.39 is 7.81 Å². The molecule has 0 aliphatic carbocycles. The van der Waals surface area contributed by atoms with E-state index in [2.05, 4.69) is 90.0 Å². The Morgan fingerprint density at radius 2 is 1.18 bits per heavy atom. The molecule has 9 heteroatoms. The molecule has 154 valence electrons. The second-order valence-electron chi connectivity index (χ2n) is 6.47. The molecule has 1 aromatic heterocycles. The van der Waals surface area contributed by atoms with Crippen LogP contribution in [-0.2, 0) is 13.1 Å².